The lowest BCUT2D eigenvalue weighted by Crippen LogP contribution is -2.44. The second-order valence-electron chi connectivity index (χ2n) is 7.73. The highest BCUT2D eigenvalue weighted by Crippen LogP contribution is 2.35. The van der Waals surface area contributed by atoms with Crippen LogP contribution in [0.25, 0.3) is 21.7 Å². The van der Waals surface area contributed by atoms with Gasteiger partial charge in [0.15, 0.2) is 0 Å². The van der Waals surface area contributed by atoms with Crippen molar-refractivity contribution in [3.8, 4) is 0 Å². The Hall–Kier alpha value is -3.32. The van der Waals surface area contributed by atoms with Crippen LogP contribution in [0.15, 0.2) is 60.7 Å². The molecule has 1 aliphatic rings. The van der Waals surface area contributed by atoms with Crippen LogP contribution in [0.1, 0.15) is 21.6 Å². The summed E-state index contributed by atoms with van der Waals surface area (Å²) in [5.41, 5.74) is 2.10. The van der Waals surface area contributed by atoms with Gasteiger partial charge in [0.25, 0.3) is 5.91 Å². The Bertz CT molecular complexity index is 1400. The number of benzene rings is 3. The lowest BCUT2D eigenvalue weighted by atomic mass is 10.0. The molecule has 0 N–H and O–H groups in total. The van der Waals surface area contributed by atoms with Crippen LogP contribution in [0.2, 0.25) is 5.02 Å². The number of rotatable bonds is 1. The van der Waals surface area contributed by atoms with Gasteiger partial charge in [-0.05, 0) is 47.0 Å². The van der Waals surface area contributed by atoms with Crippen LogP contribution >= 0.6 is 11.6 Å². The number of nitrogens with zero attached hydrogens (tertiary/aromatic N) is 2. The largest absolute Gasteiger partial charge is 0.471 e. The van der Waals surface area contributed by atoms with Gasteiger partial charge in [-0.1, -0.05) is 48.0 Å². The summed E-state index contributed by atoms with van der Waals surface area (Å²) < 4.78 is 40.7. The summed E-state index contributed by atoms with van der Waals surface area (Å²) in [5, 5.41) is 2.79. The summed E-state index contributed by atoms with van der Waals surface area (Å²) in [7, 11) is 0. The maximum absolute atomic E-state index is 13.8. The Morgan fingerprint density at radius 2 is 1.69 bits per heavy atom. The Balaban J connectivity index is 1.71. The van der Waals surface area contributed by atoms with Crippen molar-refractivity contribution in [2.45, 2.75) is 19.1 Å². The van der Waals surface area contributed by atoms with Crippen molar-refractivity contribution in [2.75, 3.05) is 6.54 Å². The minimum absolute atomic E-state index is 0.0839. The fraction of sp³-hybridized carbons (Fsp3) is 0.167. The van der Waals surface area contributed by atoms with E-state index in [1.54, 1.807) is 30.3 Å². The first kappa shape index (κ1) is 20.6. The van der Waals surface area contributed by atoms with Gasteiger partial charge in [0, 0.05) is 28.2 Å². The number of alkyl halides is 3. The quantitative estimate of drug-likeness (QED) is 0.375. The van der Waals surface area contributed by atoms with E-state index in [2.05, 4.69) is 0 Å². The van der Waals surface area contributed by atoms with Crippen molar-refractivity contribution >= 4 is 45.1 Å². The van der Waals surface area contributed by atoms with Crippen LogP contribution in [0.3, 0.4) is 0 Å². The summed E-state index contributed by atoms with van der Waals surface area (Å²) in [6.07, 6.45) is -4.78. The fourth-order valence-corrected chi connectivity index (χ4v) is 4.62. The molecule has 0 saturated heterocycles. The predicted octanol–water partition coefficient (Wildman–Crippen LogP) is 5.58. The average Bonchev–Trinajstić information content (AvgIpc) is 3.09. The molecule has 0 bridgehead atoms. The van der Waals surface area contributed by atoms with Crippen molar-refractivity contribution in [3.05, 3.63) is 82.5 Å². The van der Waals surface area contributed by atoms with E-state index in [-0.39, 0.29) is 25.4 Å². The van der Waals surface area contributed by atoms with Crippen molar-refractivity contribution in [2.24, 2.45) is 0 Å². The van der Waals surface area contributed by atoms with Crippen LogP contribution < -0.4 is 0 Å². The second-order valence-corrected chi connectivity index (χ2v) is 8.16. The number of halogens is 4. The smallest absolute Gasteiger partial charge is 0.329 e. The lowest BCUT2D eigenvalue weighted by molar-refractivity contribution is -0.186. The Labute approximate surface area is 185 Å². The molecule has 0 radical (unpaired) electrons. The van der Waals surface area contributed by atoms with Gasteiger partial charge in [0.05, 0.1) is 12.1 Å². The summed E-state index contributed by atoms with van der Waals surface area (Å²) in [6, 6.07) is 17.8. The molecule has 0 spiro atoms. The predicted molar refractivity (Wildman–Crippen MR) is 116 cm³/mol. The molecule has 0 atom stereocenters. The molecule has 0 aliphatic carbocycles. The molecule has 1 amide bonds. The van der Waals surface area contributed by atoms with Gasteiger partial charge in [-0.25, -0.2) is 0 Å². The van der Waals surface area contributed by atoms with Gasteiger partial charge in [0.1, 0.15) is 0 Å². The van der Waals surface area contributed by atoms with E-state index in [1.165, 1.54) is 4.57 Å². The Kier molecular flexibility index (Phi) is 4.74. The maximum atomic E-state index is 13.8. The summed E-state index contributed by atoms with van der Waals surface area (Å²) in [6.45, 7) is -0.393. The molecule has 4 nitrogen and oxygen atoms in total. The van der Waals surface area contributed by atoms with Crippen molar-refractivity contribution in [1.82, 2.24) is 9.47 Å². The third-order valence-electron chi connectivity index (χ3n) is 5.87. The highest BCUT2D eigenvalue weighted by atomic mass is 35.5. The molecule has 1 aliphatic heterocycles. The molecule has 32 heavy (non-hydrogen) atoms. The summed E-state index contributed by atoms with van der Waals surface area (Å²) >= 11 is 6.18. The maximum Gasteiger partial charge on any atom is 0.471 e. The fourth-order valence-electron chi connectivity index (χ4n) is 4.45. The first-order valence-electron chi connectivity index (χ1n) is 9.96. The zero-order valence-corrected chi connectivity index (χ0v) is 17.4. The van der Waals surface area contributed by atoms with Gasteiger partial charge in [-0.15, -0.1) is 0 Å². The average molecular weight is 457 g/mol. The van der Waals surface area contributed by atoms with Crippen LogP contribution in [0.5, 0.6) is 0 Å². The minimum Gasteiger partial charge on any atom is -0.329 e. The van der Waals surface area contributed by atoms with Gasteiger partial charge in [-0.3, -0.25) is 14.2 Å². The van der Waals surface area contributed by atoms with Gasteiger partial charge >= 0.3 is 12.1 Å². The molecular formula is C24H16ClF3N2O2. The number of aromatic nitrogens is 1. The SMILES string of the molecule is O=C(c1cccc2ccccc12)n1c2c(c3cc(Cl)ccc31)CCN(C(=O)C(F)(F)F)C2. The highest BCUT2D eigenvalue weighted by molar-refractivity contribution is 6.31. The number of carbonyl (C=O) groups excluding carboxylic acids is 2. The van der Waals surface area contributed by atoms with Crippen LogP contribution in [-0.2, 0) is 17.8 Å². The van der Waals surface area contributed by atoms with Crippen molar-refractivity contribution < 1.29 is 22.8 Å². The highest BCUT2D eigenvalue weighted by Gasteiger charge is 2.44. The molecule has 2 heterocycles. The van der Waals surface area contributed by atoms with E-state index in [4.69, 9.17) is 11.6 Å². The first-order chi connectivity index (χ1) is 15.3. The number of fused-ring (bicyclic) bond motifs is 4. The van der Waals surface area contributed by atoms with Crippen LogP contribution in [-0.4, -0.2) is 34.0 Å². The third kappa shape index (κ3) is 3.24. The summed E-state index contributed by atoms with van der Waals surface area (Å²) in [5.74, 6) is -2.27. The van der Waals surface area contributed by atoms with E-state index in [1.807, 2.05) is 30.3 Å². The topological polar surface area (TPSA) is 42.3 Å². The third-order valence-corrected chi connectivity index (χ3v) is 6.10. The molecule has 0 saturated carbocycles. The Morgan fingerprint density at radius 3 is 2.47 bits per heavy atom. The van der Waals surface area contributed by atoms with Crippen molar-refractivity contribution in [1.29, 1.82) is 0 Å². The van der Waals surface area contributed by atoms with E-state index < -0.39 is 12.1 Å². The number of amides is 1. The van der Waals surface area contributed by atoms with E-state index in [0.29, 0.717) is 27.2 Å². The standard InChI is InChI=1S/C24H16ClF3N2O2/c25-15-8-9-20-19(12-15)17-10-11-29(23(32)24(26,27)28)13-21(17)30(20)22(31)18-7-3-5-14-4-1-2-6-16(14)18/h1-9,12H,10-11,13H2. The Morgan fingerprint density at radius 1 is 0.938 bits per heavy atom. The molecule has 1 aromatic heterocycles. The minimum atomic E-state index is -4.97. The second kappa shape index (κ2) is 7.38. The monoisotopic (exact) mass is 456 g/mol. The number of carbonyl (C=O) groups is 2. The molecule has 0 unspecified atom stereocenters. The van der Waals surface area contributed by atoms with E-state index >= 15 is 0 Å². The van der Waals surface area contributed by atoms with Crippen molar-refractivity contribution in [3.63, 3.8) is 0 Å². The molecule has 4 aromatic rings. The molecule has 0 fully saturated rings. The van der Waals surface area contributed by atoms with Crippen LogP contribution in [0.4, 0.5) is 13.2 Å². The molecule has 8 heteroatoms. The zero-order chi connectivity index (χ0) is 22.6. The van der Waals surface area contributed by atoms with E-state index in [0.717, 1.165) is 21.2 Å². The number of hydrogen-bond acceptors (Lipinski definition) is 2. The first-order valence-corrected chi connectivity index (χ1v) is 10.3. The van der Waals surface area contributed by atoms with Gasteiger partial charge < -0.3 is 4.90 Å². The molecule has 162 valence electrons. The molecule has 3 aromatic carbocycles. The normalized spacial score (nSPS) is 14.1. The summed E-state index contributed by atoms with van der Waals surface area (Å²) in [4.78, 5) is 26.4. The van der Waals surface area contributed by atoms with Gasteiger partial charge in [0.2, 0.25) is 0 Å². The molecular weight excluding hydrogens is 441 g/mol. The van der Waals surface area contributed by atoms with Gasteiger partial charge in [-0.2, -0.15) is 13.2 Å². The van der Waals surface area contributed by atoms with E-state index in [9.17, 15) is 22.8 Å². The number of hydrogen-bond donors (Lipinski definition) is 0. The van der Waals surface area contributed by atoms with Crippen LogP contribution in [0, 0.1) is 0 Å². The molecule has 5 rings (SSSR count). The zero-order valence-electron chi connectivity index (χ0n) is 16.6. The lowest BCUT2D eigenvalue weighted by Gasteiger charge is -2.29.